The second-order valence-corrected chi connectivity index (χ2v) is 10.6. The van der Waals surface area contributed by atoms with E-state index in [0.29, 0.717) is 31.4 Å². The van der Waals surface area contributed by atoms with E-state index in [2.05, 4.69) is 42.4 Å². The molecule has 0 bridgehead atoms. The first-order chi connectivity index (χ1) is 19.3. The van der Waals surface area contributed by atoms with Crippen LogP contribution in [0.5, 0.6) is 5.75 Å². The molecule has 4 rings (SSSR count). The summed E-state index contributed by atoms with van der Waals surface area (Å²) in [7, 11) is 0. The smallest absolute Gasteiger partial charge is 0.335 e. The van der Waals surface area contributed by atoms with Gasteiger partial charge in [0, 0.05) is 18.7 Å². The minimum Gasteiger partial charge on any atom is -0.508 e. The van der Waals surface area contributed by atoms with Crippen LogP contribution >= 0.6 is 0 Å². The molecule has 2 N–H and O–H groups in total. The molecule has 0 radical (unpaired) electrons. The van der Waals surface area contributed by atoms with Crippen molar-refractivity contribution in [3.05, 3.63) is 112 Å². The molecule has 7 heteroatoms. The van der Waals surface area contributed by atoms with Gasteiger partial charge < -0.3 is 15.1 Å². The summed E-state index contributed by atoms with van der Waals surface area (Å²) in [5.41, 5.74) is 4.24. The topological polar surface area (TPSA) is 107 Å². The number of nitrogens with zero attached hydrogens (tertiary/aromatic N) is 2. The number of carbonyl (C=O) groups excluding carboxylic acids is 1. The number of hydrogen-bond donors (Lipinski definition) is 2. The molecule has 40 heavy (non-hydrogen) atoms. The summed E-state index contributed by atoms with van der Waals surface area (Å²) < 4.78 is 0. The van der Waals surface area contributed by atoms with Gasteiger partial charge in [-0.2, -0.15) is 0 Å². The molecule has 3 atom stereocenters. The van der Waals surface area contributed by atoms with E-state index in [9.17, 15) is 24.7 Å². The van der Waals surface area contributed by atoms with E-state index in [4.69, 9.17) is 0 Å². The van der Waals surface area contributed by atoms with E-state index in [-0.39, 0.29) is 40.7 Å². The molecule has 0 aliphatic carbocycles. The number of aromatic carboxylic acids is 1. The second-order valence-electron chi connectivity index (χ2n) is 10.6. The lowest BCUT2D eigenvalue weighted by atomic mass is 9.77. The maximum atomic E-state index is 14.0. The molecule has 1 unspecified atom stereocenters. The first-order valence-electron chi connectivity index (χ1n) is 13.8. The van der Waals surface area contributed by atoms with Gasteiger partial charge in [-0.1, -0.05) is 62.4 Å². The van der Waals surface area contributed by atoms with Crippen LogP contribution in [-0.2, 0) is 24.1 Å². The first kappa shape index (κ1) is 28.7. The predicted molar refractivity (Wildman–Crippen MR) is 156 cm³/mol. The van der Waals surface area contributed by atoms with E-state index in [0.717, 1.165) is 18.4 Å². The Morgan fingerprint density at radius 1 is 1.02 bits per heavy atom. The third-order valence-electron chi connectivity index (χ3n) is 7.92. The number of carboxylic acid groups (broad SMARTS) is 1. The van der Waals surface area contributed by atoms with Gasteiger partial charge in [-0.15, -0.1) is 4.91 Å². The zero-order chi connectivity index (χ0) is 28.6. The van der Waals surface area contributed by atoms with E-state index >= 15 is 0 Å². The molecule has 1 heterocycles. The standard InChI is InChI=1S/C33H36N2O5/c1-3-23-6-8-24(9-7-23)16-18-35-17-4-5-26(30(32(35)37)20-25-10-13-28(36)14-11-25)19-22(2)29-15-12-27(33(38)39)21-31(29)34-40/h4,6-15,17,21-22,26,30,36H,3,5,16,18-20H2,1-2H3,(H,38,39)/t22-,26?,30-/m1/s1. The minimum absolute atomic E-state index is 0.0138. The molecular weight excluding hydrogens is 504 g/mol. The van der Waals surface area contributed by atoms with Gasteiger partial charge in [0.2, 0.25) is 5.91 Å². The summed E-state index contributed by atoms with van der Waals surface area (Å²) >= 11 is 0. The fourth-order valence-corrected chi connectivity index (χ4v) is 5.55. The summed E-state index contributed by atoms with van der Waals surface area (Å²) in [5.74, 6) is -1.32. The van der Waals surface area contributed by atoms with Gasteiger partial charge in [0.15, 0.2) is 0 Å². The summed E-state index contributed by atoms with van der Waals surface area (Å²) in [4.78, 5) is 38.8. The average Bonchev–Trinajstić information content (AvgIpc) is 3.10. The number of benzene rings is 3. The normalized spacial score (nSPS) is 17.9. The van der Waals surface area contributed by atoms with Crippen molar-refractivity contribution in [3.8, 4) is 5.75 Å². The minimum atomic E-state index is -1.11. The third-order valence-corrected chi connectivity index (χ3v) is 7.92. The van der Waals surface area contributed by atoms with Gasteiger partial charge in [0.1, 0.15) is 11.4 Å². The maximum Gasteiger partial charge on any atom is 0.335 e. The molecular formula is C33H36N2O5. The molecule has 1 aliphatic rings. The number of nitroso groups, excluding NO2 is 1. The number of amides is 1. The van der Waals surface area contributed by atoms with E-state index in [1.54, 1.807) is 18.2 Å². The molecule has 7 nitrogen and oxygen atoms in total. The second kappa shape index (κ2) is 13.2. The largest absolute Gasteiger partial charge is 0.508 e. The van der Waals surface area contributed by atoms with Gasteiger partial charge in [0.05, 0.1) is 5.56 Å². The summed E-state index contributed by atoms with van der Waals surface area (Å²) in [5, 5.41) is 22.2. The highest BCUT2D eigenvalue weighted by Gasteiger charge is 2.34. The first-order valence-corrected chi connectivity index (χ1v) is 13.8. The molecule has 0 fully saturated rings. The quantitative estimate of drug-likeness (QED) is 0.254. The fraction of sp³-hybridized carbons (Fsp3) is 0.333. The Balaban J connectivity index is 1.56. The van der Waals surface area contributed by atoms with E-state index in [1.165, 1.54) is 23.3 Å². The van der Waals surface area contributed by atoms with Crippen molar-refractivity contribution in [2.24, 2.45) is 17.0 Å². The maximum absolute atomic E-state index is 14.0. The van der Waals surface area contributed by atoms with Crippen LogP contribution < -0.4 is 0 Å². The highest BCUT2D eigenvalue weighted by atomic mass is 16.4. The average molecular weight is 541 g/mol. The number of phenols is 1. The van der Waals surface area contributed by atoms with Gasteiger partial charge in [-0.05, 0) is 95.6 Å². The molecule has 0 aromatic heterocycles. The van der Waals surface area contributed by atoms with Crippen LogP contribution in [0.25, 0.3) is 0 Å². The number of hydrogen-bond acceptors (Lipinski definition) is 5. The van der Waals surface area contributed by atoms with Crippen LogP contribution in [0.4, 0.5) is 5.69 Å². The van der Waals surface area contributed by atoms with Gasteiger partial charge in [0.25, 0.3) is 0 Å². The molecule has 0 saturated carbocycles. The number of carboxylic acids is 1. The van der Waals surface area contributed by atoms with Crippen LogP contribution in [0.1, 0.15) is 65.2 Å². The van der Waals surface area contributed by atoms with Crippen LogP contribution in [0.3, 0.4) is 0 Å². The van der Waals surface area contributed by atoms with Crippen LogP contribution in [-0.4, -0.2) is 33.5 Å². The van der Waals surface area contributed by atoms with Crippen molar-refractivity contribution in [2.45, 2.75) is 51.9 Å². The highest BCUT2D eigenvalue weighted by molar-refractivity contribution is 5.89. The van der Waals surface area contributed by atoms with Crippen molar-refractivity contribution in [1.29, 1.82) is 0 Å². The summed E-state index contributed by atoms with van der Waals surface area (Å²) in [6, 6.07) is 19.9. The number of phenolic OH excluding ortho intramolecular Hbond substituents is 1. The van der Waals surface area contributed by atoms with Crippen molar-refractivity contribution in [3.63, 3.8) is 0 Å². The van der Waals surface area contributed by atoms with Crippen LogP contribution in [0.2, 0.25) is 0 Å². The monoisotopic (exact) mass is 540 g/mol. The Hall–Kier alpha value is -4.26. The van der Waals surface area contributed by atoms with Gasteiger partial charge in [-0.25, -0.2) is 4.79 Å². The lowest BCUT2D eigenvalue weighted by Gasteiger charge is -2.30. The SMILES string of the molecule is CCc1ccc(CCN2C=CCC(C[C@@H](C)c3ccc(C(=O)O)cc3N=O)[C@@H](Cc3ccc(O)cc3)C2=O)cc1. The lowest BCUT2D eigenvalue weighted by molar-refractivity contribution is -0.134. The summed E-state index contributed by atoms with van der Waals surface area (Å²) in [6.45, 7) is 4.69. The third kappa shape index (κ3) is 7.03. The Morgan fingerprint density at radius 3 is 2.35 bits per heavy atom. The van der Waals surface area contributed by atoms with Crippen molar-refractivity contribution >= 4 is 17.6 Å². The number of aryl methyl sites for hydroxylation is 1. The Kier molecular flexibility index (Phi) is 9.48. The number of aromatic hydroxyl groups is 1. The highest BCUT2D eigenvalue weighted by Crippen LogP contribution is 2.38. The van der Waals surface area contributed by atoms with Gasteiger partial charge in [-0.3, -0.25) is 4.79 Å². The summed E-state index contributed by atoms with van der Waals surface area (Å²) in [6.07, 6.45) is 7.53. The van der Waals surface area contributed by atoms with Crippen molar-refractivity contribution < 1.29 is 19.8 Å². The zero-order valence-corrected chi connectivity index (χ0v) is 23.0. The Bertz CT molecular complexity index is 1360. The van der Waals surface area contributed by atoms with Crippen LogP contribution in [0.15, 0.2) is 84.2 Å². The molecule has 0 saturated heterocycles. The molecule has 3 aromatic rings. The Morgan fingerprint density at radius 2 is 1.70 bits per heavy atom. The Labute approximate surface area is 235 Å². The van der Waals surface area contributed by atoms with E-state index < -0.39 is 5.97 Å². The van der Waals surface area contributed by atoms with Crippen molar-refractivity contribution in [2.75, 3.05) is 6.54 Å². The number of rotatable bonds is 11. The molecule has 0 spiro atoms. The fourth-order valence-electron chi connectivity index (χ4n) is 5.55. The number of allylic oxidation sites excluding steroid dienone is 1. The molecule has 1 amide bonds. The van der Waals surface area contributed by atoms with Crippen molar-refractivity contribution in [1.82, 2.24) is 4.90 Å². The molecule has 208 valence electrons. The number of carbonyl (C=O) groups is 2. The molecule has 3 aromatic carbocycles. The molecule has 1 aliphatic heterocycles. The van der Waals surface area contributed by atoms with Crippen LogP contribution in [0, 0.1) is 16.7 Å². The predicted octanol–water partition coefficient (Wildman–Crippen LogP) is 7.01. The lowest BCUT2D eigenvalue weighted by Crippen LogP contribution is -2.37. The van der Waals surface area contributed by atoms with Gasteiger partial charge >= 0.3 is 5.97 Å². The van der Waals surface area contributed by atoms with E-state index in [1.807, 2.05) is 30.2 Å². The zero-order valence-electron chi connectivity index (χ0n) is 23.0.